The molecule has 0 aliphatic carbocycles. The Bertz CT molecular complexity index is 532. The third-order valence-corrected chi connectivity index (χ3v) is 2.61. The summed E-state index contributed by atoms with van der Waals surface area (Å²) >= 11 is 0. The number of aryl methyl sites for hydroxylation is 1. The van der Waals surface area contributed by atoms with Crippen molar-refractivity contribution in [1.29, 1.82) is 0 Å². The smallest absolute Gasteiger partial charge is 0.309 e. The molecule has 0 unspecified atom stereocenters. The van der Waals surface area contributed by atoms with E-state index < -0.39 is 5.97 Å². The van der Waals surface area contributed by atoms with E-state index >= 15 is 0 Å². The Morgan fingerprint density at radius 3 is 2.59 bits per heavy atom. The number of rotatable bonds is 3. The van der Waals surface area contributed by atoms with Gasteiger partial charge in [-0.1, -0.05) is 30.3 Å². The molecule has 2 rings (SSSR count). The second kappa shape index (κ2) is 4.78. The van der Waals surface area contributed by atoms with Crippen molar-refractivity contribution < 1.29 is 9.90 Å². The molecule has 3 nitrogen and oxygen atoms in total. The highest BCUT2D eigenvalue weighted by Crippen LogP contribution is 2.22. The van der Waals surface area contributed by atoms with Gasteiger partial charge >= 0.3 is 5.97 Å². The van der Waals surface area contributed by atoms with Crippen LogP contribution in [0.4, 0.5) is 0 Å². The molecule has 0 saturated carbocycles. The molecule has 0 spiro atoms. The number of aromatic nitrogens is 1. The topological polar surface area (TPSA) is 50.2 Å². The second-order valence-corrected chi connectivity index (χ2v) is 3.92. The first-order valence-corrected chi connectivity index (χ1v) is 5.39. The van der Waals surface area contributed by atoms with E-state index in [9.17, 15) is 4.79 Å². The molecule has 0 amide bonds. The lowest BCUT2D eigenvalue weighted by Crippen LogP contribution is -2.01. The van der Waals surface area contributed by atoms with E-state index in [1.807, 2.05) is 37.3 Å². The predicted molar refractivity (Wildman–Crippen MR) is 65.7 cm³/mol. The summed E-state index contributed by atoms with van der Waals surface area (Å²) in [6.07, 6.45) is 1.69. The molecule has 0 fully saturated rings. The zero-order valence-electron chi connectivity index (χ0n) is 9.55. The molecule has 1 aromatic heterocycles. The maximum Gasteiger partial charge on any atom is 0.309 e. The summed E-state index contributed by atoms with van der Waals surface area (Å²) in [6.45, 7) is 2.04. The van der Waals surface area contributed by atoms with Gasteiger partial charge in [-0.05, 0) is 24.1 Å². The average Bonchev–Trinajstić information content (AvgIpc) is 2.30. The fraction of sp³-hybridized carbons (Fsp3) is 0.143. The average molecular weight is 227 g/mol. The molecule has 0 bridgehead atoms. The third-order valence-electron chi connectivity index (χ3n) is 2.61. The molecular weight excluding hydrogens is 214 g/mol. The standard InChI is InChI=1S/C14H13NO2/c1-10-4-2-3-5-13(10)11-6-7-12(15-9-11)8-14(16)17/h2-7,9H,8H2,1H3,(H,16,17). The van der Waals surface area contributed by atoms with Crippen molar-refractivity contribution in [1.82, 2.24) is 4.98 Å². The second-order valence-electron chi connectivity index (χ2n) is 3.92. The Labute approximate surface area is 99.8 Å². The van der Waals surface area contributed by atoms with Crippen LogP contribution in [0.1, 0.15) is 11.3 Å². The molecule has 3 heteroatoms. The van der Waals surface area contributed by atoms with Crippen molar-refractivity contribution in [2.75, 3.05) is 0 Å². The number of nitrogens with zero attached hydrogens (tertiary/aromatic N) is 1. The van der Waals surface area contributed by atoms with E-state index in [2.05, 4.69) is 4.98 Å². The Kier molecular flexibility index (Phi) is 3.19. The van der Waals surface area contributed by atoms with Crippen LogP contribution >= 0.6 is 0 Å². The van der Waals surface area contributed by atoms with Crippen LogP contribution < -0.4 is 0 Å². The van der Waals surface area contributed by atoms with E-state index in [1.165, 1.54) is 5.56 Å². The van der Waals surface area contributed by atoms with Crippen molar-refractivity contribution in [3.8, 4) is 11.1 Å². The number of pyridine rings is 1. The normalized spacial score (nSPS) is 10.2. The molecule has 0 aliphatic heterocycles. The molecule has 1 N–H and O–H groups in total. The van der Waals surface area contributed by atoms with Crippen LogP contribution in [0.3, 0.4) is 0 Å². The van der Waals surface area contributed by atoms with Crippen LogP contribution in [-0.4, -0.2) is 16.1 Å². The minimum atomic E-state index is -0.860. The number of carboxylic acids is 1. The fourth-order valence-electron chi connectivity index (χ4n) is 1.74. The van der Waals surface area contributed by atoms with Gasteiger partial charge in [0.25, 0.3) is 0 Å². The van der Waals surface area contributed by atoms with Crippen molar-refractivity contribution in [3.63, 3.8) is 0 Å². The summed E-state index contributed by atoms with van der Waals surface area (Å²) in [7, 11) is 0. The van der Waals surface area contributed by atoms with Crippen molar-refractivity contribution in [2.24, 2.45) is 0 Å². The molecule has 0 aliphatic rings. The summed E-state index contributed by atoms with van der Waals surface area (Å²) in [4.78, 5) is 14.7. The highest BCUT2D eigenvalue weighted by molar-refractivity contribution is 5.70. The largest absolute Gasteiger partial charge is 0.481 e. The first-order chi connectivity index (χ1) is 8.16. The van der Waals surface area contributed by atoms with Crippen molar-refractivity contribution >= 4 is 5.97 Å². The van der Waals surface area contributed by atoms with Crippen LogP contribution in [-0.2, 0) is 11.2 Å². The lowest BCUT2D eigenvalue weighted by atomic mass is 10.0. The SMILES string of the molecule is Cc1ccccc1-c1ccc(CC(=O)O)nc1. The number of carbonyl (C=O) groups is 1. The van der Waals surface area contributed by atoms with Gasteiger partial charge in [0.1, 0.15) is 0 Å². The van der Waals surface area contributed by atoms with Gasteiger partial charge in [-0.2, -0.15) is 0 Å². The van der Waals surface area contributed by atoms with E-state index in [-0.39, 0.29) is 6.42 Å². The van der Waals surface area contributed by atoms with Crippen molar-refractivity contribution in [3.05, 3.63) is 53.9 Å². The van der Waals surface area contributed by atoms with Crippen molar-refractivity contribution in [2.45, 2.75) is 13.3 Å². The van der Waals surface area contributed by atoms with Gasteiger partial charge in [0.15, 0.2) is 0 Å². The molecule has 0 atom stereocenters. The van der Waals surface area contributed by atoms with Crippen LogP contribution in [0, 0.1) is 6.92 Å². The minimum absolute atomic E-state index is 0.0337. The monoisotopic (exact) mass is 227 g/mol. The molecule has 86 valence electrons. The fourth-order valence-corrected chi connectivity index (χ4v) is 1.74. The number of aliphatic carboxylic acids is 1. The molecule has 0 saturated heterocycles. The van der Waals surface area contributed by atoms with E-state index in [4.69, 9.17) is 5.11 Å². The zero-order chi connectivity index (χ0) is 12.3. The van der Waals surface area contributed by atoms with Crippen LogP contribution in [0.5, 0.6) is 0 Å². The van der Waals surface area contributed by atoms with Gasteiger partial charge in [-0.25, -0.2) is 0 Å². The van der Waals surface area contributed by atoms with Gasteiger partial charge in [0.05, 0.1) is 12.1 Å². The number of hydrogen-bond donors (Lipinski definition) is 1. The maximum absolute atomic E-state index is 10.5. The molecule has 2 aromatic rings. The van der Waals surface area contributed by atoms with Crippen LogP contribution in [0.2, 0.25) is 0 Å². The quantitative estimate of drug-likeness (QED) is 0.877. The van der Waals surface area contributed by atoms with Gasteiger partial charge in [0, 0.05) is 11.8 Å². The third kappa shape index (κ3) is 2.69. The molecule has 1 heterocycles. The summed E-state index contributed by atoms with van der Waals surface area (Å²) in [5.41, 5.74) is 3.90. The minimum Gasteiger partial charge on any atom is -0.481 e. The summed E-state index contributed by atoms with van der Waals surface area (Å²) < 4.78 is 0. The first kappa shape index (κ1) is 11.3. The van der Waals surface area contributed by atoms with Gasteiger partial charge in [-0.15, -0.1) is 0 Å². The van der Waals surface area contributed by atoms with Crippen LogP contribution in [0.15, 0.2) is 42.6 Å². The number of hydrogen-bond acceptors (Lipinski definition) is 2. The van der Waals surface area contributed by atoms with Crippen LogP contribution in [0.25, 0.3) is 11.1 Å². The summed E-state index contributed by atoms with van der Waals surface area (Å²) in [5, 5.41) is 8.66. The Hall–Kier alpha value is -2.16. The van der Waals surface area contributed by atoms with E-state index in [1.54, 1.807) is 12.3 Å². The highest BCUT2D eigenvalue weighted by Gasteiger charge is 2.04. The summed E-state index contributed by atoms with van der Waals surface area (Å²) in [5.74, 6) is -0.860. The number of carboxylic acid groups (broad SMARTS) is 1. The highest BCUT2D eigenvalue weighted by atomic mass is 16.4. The number of benzene rings is 1. The molecular formula is C14H13NO2. The Morgan fingerprint density at radius 2 is 2.00 bits per heavy atom. The molecule has 0 radical (unpaired) electrons. The van der Waals surface area contributed by atoms with Gasteiger partial charge in [-0.3, -0.25) is 9.78 Å². The lowest BCUT2D eigenvalue weighted by Gasteiger charge is -2.05. The zero-order valence-corrected chi connectivity index (χ0v) is 9.55. The Morgan fingerprint density at radius 1 is 1.24 bits per heavy atom. The lowest BCUT2D eigenvalue weighted by molar-refractivity contribution is -0.136. The predicted octanol–water partition coefficient (Wildman–Crippen LogP) is 2.68. The Balaban J connectivity index is 2.30. The summed E-state index contributed by atoms with van der Waals surface area (Å²) in [6, 6.07) is 11.7. The molecule has 1 aromatic carbocycles. The molecule has 17 heavy (non-hydrogen) atoms. The maximum atomic E-state index is 10.5. The van der Waals surface area contributed by atoms with Gasteiger partial charge in [0.2, 0.25) is 0 Å². The van der Waals surface area contributed by atoms with E-state index in [0.717, 1.165) is 11.1 Å². The first-order valence-electron chi connectivity index (χ1n) is 5.39. The van der Waals surface area contributed by atoms with E-state index in [0.29, 0.717) is 5.69 Å². The van der Waals surface area contributed by atoms with Gasteiger partial charge < -0.3 is 5.11 Å².